The van der Waals surface area contributed by atoms with Gasteiger partial charge in [-0.3, -0.25) is 14.4 Å². The number of aryl methyl sites for hydroxylation is 1. The molecular weight excluding hydrogens is 495 g/mol. The number of hydrogen-bond donors (Lipinski definition) is 1. The molecule has 3 aliphatic rings. The molecule has 1 aliphatic carbocycles. The summed E-state index contributed by atoms with van der Waals surface area (Å²) >= 11 is 6.68. The highest BCUT2D eigenvalue weighted by molar-refractivity contribution is 6.34. The summed E-state index contributed by atoms with van der Waals surface area (Å²) in [7, 11) is 1.88. The standard InChI is InChI=1S/C27H32ClFN6O2/c1-16-24(20-4-5-33(3)32-20)25(16)26(36)31-23-12-17-11-21(19(28)10-18(17)13-30-23)34-6-8-35(9-7-34)27(2)15-37-14-22(27)29/h4-5,10-13,16,22,24-25H,6-9,14-15H2,1-3H3,(H,30,31,36). The summed E-state index contributed by atoms with van der Waals surface area (Å²) < 4.78 is 21.7. The molecule has 1 aromatic carbocycles. The van der Waals surface area contributed by atoms with Gasteiger partial charge in [-0.25, -0.2) is 9.37 Å². The Morgan fingerprint density at radius 3 is 2.68 bits per heavy atom. The van der Waals surface area contributed by atoms with Crippen LogP contribution in [0.2, 0.25) is 5.02 Å². The number of hydrogen-bond acceptors (Lipinski definition) is 6. The normalized spacial score (nSPS) is 30.1. The summed E-state index contributed by atoms with van der Waals surface area (Å²) in [6, 6.07) is 7.85. The molecule has 1 saturated carbocycles. The predicted molar refractivity (Wildman–Crippen MR) is 142 cm³/mol. The first kappa shape index (κ1) is 24.6. The number of anilines is 2. The van der Waals surface area contributed by atoms with Gasteiger partial charge in [-0.1, -0.05) is 18.5 Å². The quantitative estimate of drug-likeness (QED) is 0.544. The largest absolute Gasteiger partial charge is 0.376 e. The number of ether oxygens (including phenoxy) is 1. The van der Waals surface area contributed by atoms with Gasteiger partial charge >= 0.3 is 0 Å². The predicted octanol–water partition coefficient (Wildman–Crippen LogP) is 3.86. The molecule has 5 unspecified atom stereocenters. The van der Waals surface area contributed by atoms with E-state index in [0.29, 0.717) is 17.4 Å². The molecule has 196 valence electrons. The van der Waals surface area contributed by atoms with Crippen molar-refractivity contribution in [1.82, 2.24) is 19.7 Å². The van der Waals surface area contributed by atoms with Crippen molar-refractivity contribution in [1.29, 1.82) is 0 Å². The molecule has 1 amide bonds. The van der Waals surface area contributed by atoms with Crippen LogP contribution in [0.1, 0.15) is 25.5 Å². The topological polar surface area (TPSA) is 75.5 Å². The maximum absolute atomic E-state index is 14.5. The van der Waals surface area contributed by atoms with Crippen LogP contribution in [0.5, 0.6) is 0 Å². The SMILES string of the molecule is CC1C(C(=O)Nc2cc3cc(N4CCN(C5(C)COCC5F)CC4)c(Cl)cc3cn2)C1c1ccn(C)n1. The van der Waals surface area contributed by atoms with E-state index in [2.05, 4.69) is 38.2 Å². The number of carbonyl (C=O) groups is 1. The maximum Gasteiger partial charge on any atom is 0.229 e. The Labute approximate surface area is 220 Å². The van der Waals surface area contributed by atoms with Crippen LogP contribution in [-0.4, -0.2) is 76.7 Å². The summed E-state index contributed by atoms with van der Waals surface area (Å²) in [5, 5.41) is 10.0. The van der Waals surface area contributed by atoms with Crippen molar-refractivity contribution in [2.45, 2.75) is 31.5 Å². The average Bonchev–Trinajstić information content (AvgIpc) is 3.15. The Kier molecular flexibility index (Phi) is 6.12. The highest BCUT2D eigenvalue weighted by Gasteiger charge is 2.53. The number of rotatable bonds is 5. The monoisotopic (exact) mass is 526 g/mol. The summed E-state index contributed by atoms with van der Waals surface area (Å²) in [5.74, 6) is 0.760. The molecule has 3 fully saturated rings. The number of halogens is 2. The second-order valence-corrected chi connectivity index (χ2v) is 11.3. The van der Waals surface area contributed by atoms with Crippen molar-refractivity contribution in [3.8, 4) is 0 Å². The van der Waals surface area contributed by atoms with Crippen LogP contribution >= 0.6 is 11.6 Å². The number of aromatic nitrogens is 3. The third-order valence-corrected chi connectivity index (χ3v) is 8.77. The van der Waals surface area contributed by atoms with Crippen molar-refractivity contribution in [2.75, 3.05) is 49.6 Å². The van der Waals surface area contributed by atoms with E-state index in [9.17, 15) is 9.18 Å². The number of benzene rings is 1. The Morgan fingerprint density at radius 2 is 2.00 bits per heavy atom. The first-order chi connectivity index (χ1) is 17.7. The zero-order valence-electron chi connectivity index (χ0n) is 21.3. The Hall–Kier alpha value is -2.75. The molecule has 2 aliphatic heterocycles. The summed E-state index contributed by atoms with van der Waals surface area (Å²) in [5.41, 5.74) is 1.33. The lowest BCUT2D eigenvalue weighted by Gasteiger charge is -2.44. The minimum absolute atomic E-state index is 0.0316. The van der Waals surface area contributed by atoms with Gasteiger partial charge < -0.3 is 15.0 Å². The minimum Gasteiger partial charge on any atom is -0.376 e. The van der Waals surface area contributed by atoms with Crippen LogP contribution in [-0.2, 0) is 16.6 Å². The van der Waals surface area contributed by atoms with Crippen LogP contribution < -0.4 is 10.2 Å². The van der Waals surface area contributed by atoms with E-state index in [1.807, 2.05) is 38.4 Å². The molecule has 6 rings (SSSR count). The molecule has 2 aromatic heterocycles. The molecule has 5 atom stereocenters. The summed E-state index contributed by atoms with van der Waals surface area (Å²) in [6.07, 6.45) is 2.68. The second kappa shape index (κ2) is 9.22. The fourth-order valence-corrected chi connectivity index (χ4v) is 6.28. The van der Waals surface area contributed by atoms with Gasteiger partial charge in [0.05, 0.1) is 41.1 Å². The van der Waals surface area contributed by atoms with Crippen molar-refractivity contribution >= 4 is 39.8 Å². The number of piperazine rings is 1. The van der Waals surface area contributed by atoms with E-state index < -0.39 is 11.7 Å². The van der Waals surface area contributed by atoms with Gasteiger partial charge in [-0.2, -0.15) is 5.10 Å². The summed E-state index contributed by atoms with van der Waals surface area (Å²) in [6.45, 7) is 7.60. The molecule has 37 heavy (non-hydrogen) atoms. The first-order valence-corrected chi connectivity index (χ1v) is 13.2. The van der Waals surface area contributed by atoms with Crippen LogP contribution in [0.3, 0.4) is 0 Å². The van der Waals surface area contributed by atoms with E-state index >= 15 is 0 Å². The molecule has 0 spiro atoms. The van der Waals surface area contributed by atoms with E-state index in [1.165, 1.54) is 0 Å². The Morgan fingerprint density at radius 1 is 1.22 bits per heavy atom. The van der Waals surface area contributed by atoms with Gasteiger partial charge in [0.2, 0.25) is 5.91 Å². The zero-order valence-corrected chi connectivity index (χ0v) is 22.1. The average molecular weight is 527 g/mol. The third-order valence-electron chi connectivity index (χ3n) is 8.47. The third kappa shape index (κ3) is 4.36. The lowest BCUT2D eigenvalue weighted by atomic mass is 9.96. The van der Waals surface area contributed by atoms with Gasteiger partial charge in [0.1, 0.15) is 12.0 Å². The molecule has 0 radical (unpaired) electrons. The lowest BCUT2D eigenvalue weighted by Crippen LogP contribution is -2.59. The fraction of sp³-hybridized carbons (Fsp3) is 0.519. The van der Waals surface area contributed by atoms with Gasteiger partial charge in [0.25, 0.3) is 0 Å². The second-order valence-electron chi connectivity index (χ2n) is 10.8. The molecule has 1 N–H and O–H groups in total. The van der Waals surface area contributed by atoms with Crippen molar-refractivity contribution in [2.24, 2.45) is 18.9 Å². The summed E-state index contributed by atoms with van der Waals surface area (Å²) in [4.78, 5) is 21.9. The molecule has 10 heteroatoms. The molecule has 3 aromatic rings. The Bertz CT molecular complexity index is 1340. The van der Waals surface area contributed by atoms with Crippen molar-refractivity contribution in [3.63, 3.8) is 0 Å². The van der Waals surface area contributed by atoms with Gasteiger partial charge in [0, 0.05) is 56.9 Å². The number of amides is 1. The fourth-order valence-electron chi connectivity index (χ4n) is 5.99. The van der Waals surface area contributed by atoms with E-state index in [0.717, 1.165) is 48.3 Å². The number of nitrogens with zero attached hydrogens (tertiary/aromatic N) is 5. The maximum atomic E-state index is 14.5. The molecule has 4 heterocycles. The number of pyridine rings is 1. The highest BCUT2D eigenvalue weighted by Crippen LogP contribution is 2.53. The van der Waals surface area contributed by atoms with Crippen molar-refractivity contribution in [3.05, 3.63) is 47.4 Å². The van der Waals surface area contributed by atoms with E-state index in [-0.39, 0.29) is 30.3 Å². The van der Waals surface area contributed by atoms with Crippen LogP contribution in [0.4, 0.5) is 15.9 Å². The van der Waals surface area contributed by atoms with E-state index in [1.54, 1.807) is 10.9 Å². The van der Waals surface area contributed by atoms with Crippen LogP contribution in [0.25, 0.3) is 10.8 Å². The minimum atomic E-state index is -0.970. The van der Waals surface area contributed by atoms with E-state index in [4.69, 9.17) is 16.3 Å². The van der Waals surface area contributed by atoms with Gasteiger partial charge in [0.15, 0.2) is 0 Å². The lowest BCUT2D eigenvalue weighted by molar-refractivity contribution is -0.117. The molecule has 0 bridgehead atoms. The molecular formula is C27H32ClFN6O2. The number of nitrogens with one attached hydrogen (secondary N) is 1. The molecule has 8 nitrogen and oxygen atoms in total. The number of carbonyl (C=O) groups excluding carboxylic acids is 1. The number of fused-ring (bicyclic) bond motifs is 1. The zero-order chi connectivity index (χ0) is 25.9. The van der Waals surface area contributed by atoms with Crippen molar-refractivity contribution < 1.29 is 13.9 Å². The smallest absolute Gasteiger partial charge is 0.229 e. The molecule has 2 saturated heterocycles. The Balaban J connectivity index is 1.16. The first-order valence-electron chi connectivity index (χ1n) is 12.9. The number of alkyl halides is 1. The highest BCUT2D eigenvalue weighted by atomic mass is 35.5. The van der Waals surface area contributed by atoms with Crippen LogP contribution in [0.15, 0.2) is 36.7 Å². The van der Waals surface area contributed by atoms with Gasteiger partial charge in [-0.05, 0) is 42.5 Å². The van der Waals surface area contributed by atoms with Gasteiger partial charge in [-0.15, -0.1) is 0 Å². The van der Waals surface area contributed by atoms with Crippen LogP contribution in [0, 0.1) is 11.8 Å².